The number of benzene rings is 3. The molecule has 6 nitrogen and oxygen atoms in total. The Hall–Kier alpha value is -3.07. The van der Waals surface area contributed by atoms with Crippen molar-refractivity contribution in [1.29, 1.82) is 0 Å². The number of fused-ring (bicyclic) bond motifs is 1. The van der Waals surface area contributed by atoms with E-state index in [2.05, 4.69) is 10.3 Å². The lowest BCUT2D eigenvalue weighted by Crippen LogP contribution is -2.35. The van der Waals surface area contributed by atoms with Crippen LogP contribution < -0.4 is 5.32 Å². The first kappa shape index (κ1) is 21.8. The smallest absolute Gasteiger partial charge is 0.255 e. The summed E-state index contributed by atoms with van der Waals surface area (Å²) in [5.41, 5.74) is 2.93. The summed E-state index contributed by atoms with van der Waals surface area (Å²) in [5, 5.41) is 3.79. The molecule has 8 heteroatoms. The monoisotopic (exact) mass is 477 g/mol. The molecule has 1 fully saturated rings. The number of hydrogen-bond donors (Lipinski definition) is 1. The maximum atomic E-state index is 12.8. The van der Waals surface area contributed by atoms with E-state index in [1.165, 1.54) is 16.4 Å². The molecule has 4 aromatic rings. The summed E-state index contributed by atoms with van der Waals surface area (Å²) in [6.45, 7) is 1.10. The Morgan fingerprint density at radius 2 is 1.67 bits per heavy atom. The van der Waals surface area contributed by atoms with Crippen LogP contribution in [0.2, 0.25) is 0 Å². The third kappa shape index (κ3) is 4.55. The molecule has 0 radical (unpaired) electrons. The fourth-order valence-electron chi connectivity index (χ4n) is 3.96. The van der Waals surface area contributed by atoms with E-state index in [1.807, 2.05) is 48.5 Å². The molecular formula is C25H23N3O3S2. The molecule has 0 unspecified atom stereocenters. The first-order chi connectivity index (χ1) is 16.0. The number of aromatic nitrogens is 1. The third-order valence-corrected chi connectivity index (χ3v) is 8.73. The van der Waals surface area contributed by atoms with Gasteiger partial charge in [0.2, 0.25) is 10.0 Å². The van der Waals surface area contributed by atoms with Gasteiger partial charge in [-0.05, 0) is 61.4 Å². The number of para-hydroxylation sites is 1. The number of amides is 1. The predicted molar refractivity (Wildman–Crippen MR) is 132 cm³/mol. The molecule has 0 bridgehead atoms. The van der Waals surface area contributed by atoms with Crippen LogP contribution in [0.15, 0.2) is 77.7 Å². The topological polar surface area (TPSA) is 79.4 Å². The van der Waals surface area contributed by atoms with E-state index in [0.29, 0.717) is 24.3 Å². The van der Waals surface area contributed by atoms with Gasteiger partial charge in [-0.1, -0.05) is 30.7 Å². The van der Waals surface area contributed by atoms with E-state index in [1.54, 1.807) is 23.5 Å². The van der Waals surface area contributed by atoms with Crippen LogP contribution in [0.25, 0.3) is 20.8 Å². The third-order valence-electron chi connectivity index (χ3n) is 5.73. The zero-order valence-corrected chi connectivity index (χ0v) is 19.5. The highest BCUT2D eigenvalue weighted by Gasteiger charge is 2.26. The fourth-order valence-corrected chi connectivity index (χ4v) is 6.44. The molecule has 2 heterocycles. The summed E-state index contributed by atoms with van der Waals surface area (Å²) < 4.78 is 28.3. The second kappa shape index (κ2) is 9.05. The predicted octanol–water partition coefficient (Wildman–Crippen LogP) is 5.39. The van der Waals surface area contributed by atoms with Crippen molar-refractivity contribution >= 4 is 43.2 Å². The second-order valence-electron chi connectivity index (χ2n) is 8.01. The van der Waals surface area contributed by atoms with E-state index in [9.17, 15) is 13.2 Å². The van der Waals surface area contributed by atoms with Gasteiger partial charge in [0.05, 0.1) is 15.1 Å². The number of nitrogens with one attached hydrogen (secondary N) is 1. The first-order valence-corrected chi connectivity index (χ1v) is 13.1. The number of carbonyl (C=O) groups excluding carboxylic acids is 1. The molecule has 1 amide bonds. The van der Waals surface area contributed by atoms with Crippen molar-refractivity contribution in [2.24, 2.45) is 0 Å². The molecule has 168 valence electrons. The molecule has 1 aliphatic rings. The van der Waals surface area contributed by atoms with Gasteiger partial charge in [0.1, 0.15) is 5.01 Å². The summed E-state index contributed by atoms with van der Waals surface area (Å²) in [6.07, 6.45) is 2.83. The van der Waals surface area contributed by atoms with Crippen molar-refractivity contribution in [2.45, 2.75) is 24.2 Å². The highest BCUT2D eigenvalue weighted by molar-refractivity contribution is 7.89. The summed E-state index contributed by atoms with van der Waals surface area (Å²) in [7, 11) is -3.52. The van der Waals surface area contributed by atoms with Crippen molar-refractivity contribution in [3.8, 4) is 10.6 Å². The Morgan fingerprint density at radius 3 is 2.42 bits per heavy atom. The Kier molecular flexibility index (Phi) is 5.97. The lowest BCUT2D eigenvalue weighted by Gasteiger charge is -2.25. The number of rotatable bonds is 5. The molecular weight excluding hydrogens is 454 g/mol. The highest BCUT2D eigenvalue weighted by Crippen LogP contribution is 2.31. The Labute approximate surface area is 197 Å². The second-order valence-corrected chi connectivity index (χ2v) is 11.0. The maximum Gasteiger partial charge on any atom is 0.255 e. The molecule has 1 aliphatic heterocycles. The average Bonchev–Trinajstić information content (AvgIpc) is 3.29. The Morgan fingerprint density at radius 1 is 0.909 bits per heavy atom. The molecule has 1 aromatic heterocycles. The summed E-state index contributed by atoms with van der Waals surface area (Å²) in [6, 6.07) is 21.7. The lowest BCUT2D eigenvalue weighted by molar-refractivity contribution is 0.102. The van der Waals surface area contributed by atoms with Crippen molar-refractivity contribution in [2.75, 3.05) is 18.4 Å². The lowest BCUT2D eigenvalue weighted by atomic mass is 10.2. The van der Waals surface area contributed by atoms with Gasteiger partial charge in [-0.3, -0.25) is 4.79 Å². The minimum Gasteiger partial charge on any atom is -0.322 e. The summed E-state index contributed by atoms with van der Waals surface area (Å²) >= 11 is 1.61. The van der Waals surface area contributed by atoms with Crippen LogP contribution in [0.4, 0.5) is 5.69 Å². The zero-order chi connectivity index (χ0) is 22.8. The summed E-state index contributed by atoms with van der Waals surface area (Å²) in [4.78, 5) is 17.7. The van der Waals surface area contributed by atoms with Gasteiger partial charge in [-0.2, -0.15) is 4.31 Å². The SMILES string of the molecule is O=C(Nc1cccc(-c2nc3ccccc3s2)c1)c1ccc(S(=O)(=O)N2CCCCC2)cc1. The standard InChI is InChI=1S/C25H23N3O3S2/c29-24(18-11-13-21(14-12-18)33(30,31)28-15-4-1-5-16-28)26-20-8-6-7-19(17-20)25-27-22-9-2-3-10-23(22)32-25/h2-3,6-14,17H,1,4-5,15-16H2,(H,26,29). The zero-order valence-electron chi connectivity index (χ0n) is 17.9. The van der Waals surface area contributed by atoms with Crippen LogP contribution >= 0.6 is 11.3 Å². The number of thiazole rings is 1. The van der Waals surface area contributed by atoms with Crippen molar-refractivity contribution < 1.29 is 13.2 Å². The average molecular weight is 478 g/mol. The molecule has 5 rings (SSSR count). The minimum absolute atomic E-state index is 0.221. The molecule has 0 atom stereocenters. The largest absolute Gasteiger partial charge is 0.322 e. The van der Waals surface area contributed by atoms with Crippen LogP contribution in [0, 0.1) is 0 Å². The summed E-state index contributed by atoms with van der Waals surface area (Å²) in [5.74, 6) is -0.293. The van der Waals surface area contributed by atoms with Crippen LogP contribution in [0.5, 0.6) is 0 Å². The van der Waals surface area contributed by atoms with E-state index in [-0.39, 0.29) is 10.8 Å². The number of hydrogen-bond acceptors (Lipinski definition) is 5. The van der Waals surface area contributed by atoms with Crippen LogP contribution in [-0.4, -0.2) is 36.7 Å². The van der Waals surface area contributed by atoms with Crippen LogP contribution in [-0.2, 0) is 10.0 Å². The molecule has 0 saturated carbocycles. The molecule has 1 N–H and O–H groups in total. The molecule has 1 saturated heterocycles. The molecule has 33 heavy (non-hydrogen) atoms. The Balaban J connectivity index is 1.32. The van der Waals surface area contributed by atoms with Crippen molar-refractivity contribution in [1.82, 2.24) is 9.29 Å². The normalized spacial score (nSPS) is 14.9. The van der Waals surface area contributed by atoms with Gasteiger partial charge in [0.15, 0.2) is 0 Å². The molecule has 0 spiro atoms. The minimum atomic E-state index is -3.52. The number of piperidine rings is 1. The quantitative estimate of drug-likeness (QED) is 0.418. The van der Waals surface area contributed by atoms with Crippen LogP contribution in [0.3, 0.4) is 0 Å². The van der Waals surface area contributed by atoms with E-state index < -0.39 is 10.0 Å². The van der Waals surface area contributed by atoms with Gasteiger partial charge in [-0.25, -0.2) is 13.4 Å². The number of carbonyl (C=O) groups is 1. The van der Waals surface area contributed by atoms with Crippen molar-refractivity contribution in [3.05, 3.63) is 78.4 Å². The van der Waals surface area contributed by atoms with Gasteiger partial charge in [0.25, 0.3) is 5.91 Å². The number of nitrogens with zero attached hydrogens (tertiary/aromatic N) is 2. The number of sulfonamides is 1. The van der Waals surface area contributed by atoms with E-state index >= 15 is 0 Å². The van der Waals surface area contributed by atoms with Crippen LogP contribution in [0.1, 0.15) is 29.6 Å². The number of anilines is 1. The Bertz CT molecular complexity index is 1370. The molecule has 3 aromatic carbocycles. The van der Waals surface area contributed by atoms with Gasteiger partial charge in [0, 0.05) is 29.9 Å². The first-order valence-electron chi connectivity index (χ1n) is 10.9. The van der Waals surface area contributed by atoms with Gasteiger partial charge in [-0.15, -0.1) is 11.3 Å². The van der Waals surface area contributed by atoms with Gasteiger partial charge >= 0.3 is 0 Å². The highest BCUT2D eigenvalue weighted by atomic mass is 32.2. The fraction of sp³-hybridized carbons (Fsp3) is 0.200. The molecule has 0 aliphatic carbocycles. The maximum absolute atomic E-state index is 12.8. The van der Waals surface area contributed by atoms with Gasteiger partial charge < -0.3 is 5.32 Å². The van der Waals surface area contributed by atoms with E-state index in [4.69, 9.17) is 0 Å². The van der Waals surface area contributed by atoms with E-state index in [0.717, 1.165) is 40.1 Å². The van der Waals surface area contributed by atoms with Crippen molar-refractivity contribution in [3.63, 3.8) is 0 Å².